The van der Waals surface area contributed by atoms with Crippen LogP contribution in [0.2, 0.25) is 5.15 Å². The fourth-order valence-corrected chi connectivity index (χ4v) is 2.18. The van der Waals surface area contributed by atoms with Gasteiger partial charge in [0.05, 0.1) is 18.0 Å². The van der Waals surface area contributed by atoms with E-state index in [1.54, 1.807) is 12.1 Å². The first-order chi connectivity index (χ1) is 10.6. The number of hydrazone groups is 1. The van der Waals surface area contributed by atoms with E-state index in [-0.39, 0.29) is 5.76 Å². The summed E-state index contributed by atoms with van der Waals surface area (Å²) in [6.45, 7) is 1.99. The number of aryl methyl sites for hydroxylation is 1. The molecule has 2 heterocycles. The lowest BCUT2D eigenvalue weighted by Gasteiger charge is -2.03. The maximum Gasteiger partial charge on any atom is 0.307 e. The Hall–Kier alpha value is -2.66. The van der Waals surface area contributed by atoms with Gasteiger partial charge in [0, 0.05) is 10.9 Å². The van der Waals surface area contributed by atoms with Crippen molar-refractivity contribution in [2.45, 2.75) is 6.92 Å². The zero-order valence-electron chi connectivity index (χ0n) is 11.7. The molecule has 0 spiro atoms. The number of benzene rings is 1. The lowest BCUT2D eigenvalue weighted by molar-refractivity contribution is 0.0927. The Labute approximate surface area is 131 Å². The topological polar surface area (TPSA) is 67.5 Å². The predicted octanol–water partition coefficient (Wildman–Crippen LogP) is 3.55. The van der Waals surface area contributed by atoms with Crippen molar-refractivity contribution in [3.8, 4) is 0 Å². The van der Waals surface area contributed by atoms with Gasteiger partial charge in [0.2, 0.25) is 0 Å². The lowest BCUT2D eigenvalue weighted by atomic mass is 10.1. The Morgan fingerprint density at radius 2 is 2.23 bits per heavy atom. The van der Waals surface area contributed by atoms with Crippen LogP contribution < -0.4 is 5.43 Å². The minimum atomic E-state index is -0.429. The first-order valence-corrected chi connectivity index (χ1v) is 6.95. The number of pyridine rings is 1. The largest absolute Gasteiger partial charge is 0.459 e. The maximum atomic E-state index is 11.7. The van der Waals surface area contributed by atoms with E-state index < -0.39 is 5.91 Å². The average Bonchev–Trinajstić information content (AvgIpc) is 3.02. The normalized spacial score (nSPS) is 11.2. The highest BCUT2D eigenvalue weighted by Gasteiger charge is 2.07. The van der Waals surface area contributed by atoms with Gasteiger partial charge in [-0.1, -0.05) is 23.7 Å². The van der Waals surface area contributed by atoms with E-state index in [4.69, 9.17) is 16.0 Å². The van der Waals surface area contributed by atoms with Crippen molar-refractivity contribution in [2.75, 3.05) is 0 Å². The smallest absolute Gasteiger partial charge is 0.307 e. The molecule has 0 unspecified atom stereocenters. The Kier molecular flexibility index (Phi) is 3.89. The number of nitrogens with one attached hydrogen (secondary N) is 1. The molecule has 0 aliphatic rings. The molecule has 0 atom stereocenters. The number of hydrogen-bond donors (Lipinski definition) is 1. The molecule has 6 heteroatoms. The predicted molar refractivity (Wildman–Crippen MR) is 85.3 cm³/mol. The van der Waals surface area contributed by atoms with Gasteiger partial charge in [-0.15, -0.1) is 0 Å². The summed E-state index contributed by atoms with van der Waals surface area (Å²) >= 11 is 6.14. The number of hydrogen-bond acceptors (Lipinski definition) is 4. The number of aromatic nitrogens is 1. The van der Waals surface area contributed by atoms with Crippen molar-refractivity contribution in [1.29, 1.82) is 0 Å². The van der Waals surface area contributed by atoms with Gasteiger partial charge in [0.15, 0.2) is 5.76 Å². The van der Waals surface area contributed by atoms with Crippen molar-refractivity contribution >= 4 is 34.6 Å². The summed E-state index contributed by atoms with van der Waals surface area (Å²) in [4.78, 5) is 16.0. The number of amides is 1. The molecule has 0 radical (unpaired) electrons. The molecule has 0 saturated heterocycles. The SMILES string of the molecule is Cc1ccc2cc(/C=N\NC(=O)c3ccco3)c(Cl)nc2c1. The summed E-state index contributed by atoms with van der Waals surface area (Å²) in [5.74, 6) is -0.239. The molecule has 1 aromatic carbocycles. The number of carbonyl (C=O) groups excluding carboxylic acids is 1. The van der Waals surface area contributed by atoms with Crippen LogP contribution in [0.25, 0.3) is 10.9 Å². The van der Waals surface area contributed by atoms with Crippen LogP contribution in [-0.4, -0.2) is 17.1 Å². The third-order valence-corrected chi connectivity index (χ3v) is 3.37. The van der Waals surface area contributed by atoms with Crippen LogP contribution in [0, 0.1) is 6.92 Å². The molecule has 110 valence electrons. The number of nitrogens with zero attached hydrogens (tertiary/aromatic N) is 2. The van der Waals surface area contributed by atoms with E-state index in [0.29, 0.717) is 10.7 Å². The van der Waals surface area contributed by atoms with Crippen LogP contribution in [0.1, 0.15) is 21.7 Å². The Balaban J connectivity index is 1.81. The summed E-state index contributed by atoms with van der Waals surface area (Å²) in [6, 6.07) is 11.0. The average molecular weight is 314 g/mol. The summed E-state index contributed by atoms with van der Waals surface area (Å²) in [5.41, 5.74) is 4.93. The molecule has 1 amide bonds. The molecule has 0 fully saturated rings. The highest BCUT2D eigenvalue weighted by atomic mass is 35.5. The number of fused-ring (bicyclic) bond motifs is 1. The van der Waals surface area contributed by atoms with Crippen molar-refractivity contribution in [2.24, 2.45) is 5.10 Å². The van der Waals surface area contributed by atoms with Gasteiger partial charge >= 0.3 is 5.91 Å². The number of furan rings is 1. The molecule has 0 aliphatic heterocycles. The van der Waals surface area contributed by atoms with Gasteiger partial charge in [-0.25, -0.2) is 10.4 Å². The molecule has 2 aromatic heterocycles. The Morgan fingerprint density at radius 1 is 1.36 bits per heavy atom. The Bertz CT molecular complexity index is 857. The van der Waals surface area contributed by atoms with E-state index >= 15 is 0 Å². The molecule has 22 heavy (non-hydrogen) atoms. The summed E-state index contributed by atoms with van der Waals surface area (Å²) < 4.78 is 4.97. The summed E-state index contributed by atoms with van der Waals surface area (Å²) in [5, 5.41) is 5.15. The third kappa shape index (κ3) is 2.99. The second kappa shape index (κ2) is 5.99. The van der Waals surface area contributed by atoms with Gasteiger partial charge in [-0.2, -0.15) is 5.10 Å². The second-order valence-electron chi connectivity index (χ2n) is 4.74. The van der Waals surface area contributed by atoms with Gasteiger partial charge in [0.25, 0.3) is 0 Å². The monoisotopic (exact) mass is 313 g/mol. The molecule has 3 rings (SSSR count). The van der Waals surface area contributed by atoms with Gasteiger partial charge in [0.1, 0.15) is 5.15 Å². The van der Waals surface area contributed by atoms with E-state index in [2.05, 4.69) is 15.5 Å². The zero-order chi connectivity index (χ0) is 15.5. The van der Waals surface area contributed by atoms with Crippen LogP contribution in [-0.2, 0) is 0 Å². The first-order valence-electron chi connectivity index (χ1n) is 6.57. The maximum absolute atomic E-state index is 11.7. The summed E-state index contributed by atoms with van der Waals surface area (Å²) in [6.07, 6.45) is 2.88. The molecule has 0 bridgehead atoms. The molecule has 0 saturated carbocycles. The quantitative estimate of drug-likeness (QED) is 0.457. The lowest BCUT2D eigenvalue weighted by Crippen LogP contribution is -2.16. The van der Waals surface area contributed by atoms with Crippen molar-refractivity contribution < 1.29 is 9.21 Å². The van der Waals surface area contributed by atoms with Crippen molar-refractivity contribution in [3.63, 3.8) is 0 Å². The fourth-order valence-electron chi connectivity index (χ4n) is 1.98. The number of rotatable bonds is 3. The standard InChI is InChI=1S/C16H12ClN3O2/c1-10-4-5-11-8-12(15(17)19-13(11)7-10)9-18-20-16(21)14-3-2-6-22-14/h2-9H,1H3,(H,20,21)/b18-9-. The molecule has 1 N–H and O–H groups in total. The van der Waals surface area contributed by atoms with Crippen LogP contribution >= 0.6 is 11.6 Å². The van der Waals surface area contributed by atoms with Crippen LogP contribution in [0.3, 0.4) is 0 Å². The molecule has 5 nitrogen and oxygen atoms in total. The van der Waals surface area contributed by atoms with Gasteiger partial charge in [-0.3, -0.25) is 4.79 Å². The molecule has 0 aliphatic carbocycles. The van der Waals surface area contributed by atoms with Gasteiger partial charge in [-0.05, 0) is 36.8 Å². The summed E-state index contributed by atoms with van der Waals surface area (Å²) in [7, 11) is 0. The van der Waals surface area contributed by atoms with Crippen LogP contribution in [0.15, 0.2) is 52.2 Å². The highest BCUT2D eigenvalue weighted by Crippen LogP contribution is 2.20. The van der Waals surface area contributed by atoms with Gasteiger partial charge < -0.3 is 4.42 Å². The minimum Gasteiger partial charge on any atom is -0.459 e. The molecular weight excluding hydrogens is 302 g/mol. The first kappa shape index (κ1) is 14.3. The molecular formula is C16H12ClN3O2. The fraction of sp³-hybridized carbons (Fsp3) is 0.0625. The minimum absolute atomic E-state index is 0.190. The molecule has 3 aromatic rings. The van der Waals surface area contributed by atoms with Crippen molar-refractivity contribution in [1.82, 2.24) is 10.4 Å². The van der Waals surface area contributed by atoms with Crippen LogP contribution in [0.5, 0.6) is 0 Å². The second-order valence-corrected chi connectivity index (χ2v) is 5.10. The van der Waals surface area contributed by atoms with Crippen molar-refractivity contribution in [3.05, 3.63) is 64.7 Å². The van der Waals surface area contributed by atoms with E-state index in [1.165, 1.54) is 12.5 Å². The number of halogens is 1. The number of carbonyl (C=O) groups is 1. The van der Waals surface area contributed by atoms with E-state index in [0.717, 1.165) is 16.5 Å². The zero-order valence-corrected chi connectivity index (χ0v) is 12.5. The van der Waals surface area contributed by atoms with Crippen LogP contribution in [0.4, 0.5) is 0 Å². The van der Waals surface area contributed by atoms with E-state index in [9.17, 15) is 4.79 Å². The highest BCUT2D eigenvalue weighted by molar-refractivity contribution is 6.32. The Morgan fingerprint density at radius 3 is 3.00 bits per heavy atom. The van der Waals surface area contributed by atoms with E-state index in [1.807, 2.05) is 31.2 Å². The third-order valence-electron chi connectivity index (χ3n) is 3.07.